The molecule has 0 radical (unpaired) electrons. The van der Waals surface area contributed by atoms with E-state index in [1.165, 1.54) is 18.2 Å². The first-order chi connectivity index (χ1) is 15.9. The van der Waals surface area contributed by atoms with Crippen LogP contribution in [0, 0.1) is 10.8 Å². The van der Waals surface area contributed by atoms with Crippen molar-refractivity contribution in [1.82, 2.24) is 0 Å². The average Bonchev–Trinajstić information content (AvgIpc) is 3.04. The van der Waals surface area contributed by atoms with Crippen molar-refractivity contribution in [3.8, 4) is 0 Å². The van der Waals surface area contributed by atoms with Crippen LogP contribution in [0.5, 0.6) is 0 Å². The minimum atomic E-state index is -1.36. The minimum absolute atomic E-state index is 0.0764. The Hall–Kier alpha value is -4.14. The molecule has 35 heavy (non-hydrogen) atoms. The van der Waals surface area contributed by atoms with E-state index in [0.29, 0.717) is 5.56 Å². The van der Waals surface area contributed by atoms with Crippen molar-refractivity contribution in [2.75, 3.05) is 0 Å². The molecule has 1 aliphatic rings. The van der Waals surface area contributed by atoms with Crippen molar-refractivity contribution in [1.29, 1.82) is 0 Å². The molecule has 0 bridgehead atoms. The van der Waals surface area contributed by atoms with Crippen molar-refractivity contribution in [2.45, 2.75) is 41.5 Å². The third-order valence-electron chi connectivity index (χ3n) is 5.01. The van der Waals surface area contributed by atoms with E-state index in [2.05, 4.69) is 4.74 Å². The highest BCUT2D eigenvalue weighted by atomic mass is 16.6. The highest BCUT2D eigenvalue weighted by Gasteiger charge is 2.32. The van der Waals surface area contributed by atoms with Gasteiger partial charge >= 0.3 is 23.9 Å². The maximum atomic E-state index is 12.0. The second kappa shape index (κ2) is 9.61. The van der Waals surface area contributed by atoms with Gasteiger partial charge in [0, 0.05) is 22.0 Å². The van der Waals surface area contributed by atoms with Crippen molar-refractivity contribution in [3.05, 3.63) is 69.8 Å². The number of cyclic esters (lactones) is 2. The lowest BCUT2D eigenvalue weighted by Crippen LogP contribution is -2.21. The number of aromatic carboxylic acids is 2. The fourth-order valence-corrected chi connectivity index (χ4v) is 3.14. The van der Waals surface area contributed by atoms with Gasteiger partial charge in [-0.05, 0) is 24.3 Å². The summed E-state index contributed by atoms with van der Waals surface area (Å²) in [6, 6.07) is 8.03. The summed E-state index contributed by atoms with van der Waals surface area (Å²) in [6.07, 6.45) is 0. The van der Waals surface area contributed by atoms with E-state index < -0.39 is 34.7 Å². The monoisotopic (exact) mass is 482 g/mol. The number of ether oxygens (including phenoxy) is 1. The molecular formula is C26H26O9. The number of hydrogen-bond acceptors (Lipinski definition) is 7. The zero-order valence-electron chi connectivity index (χ0n) is 20.2. The molecule has 0 aromatic heterocycles. The molecule has 0 saturated carbocycles. The molecule has 184 valence electrons. The highest BCUT2D eigenvalue weighted by molar-refractivity contribution is 6.16. The molecular weight excluding hydrogens is 456 g/mol. The largest absolute Gasteiger partial charge is 0.478 e. The van der Waals surface area contributed by atoms with Gasteiger partial charge in [-0.2, -0.15) is 0 Å². The lowest BCUT2D eigenvalue weighted by atomic mass is 9.85. The Bertz CT molecular complexity index is 1250. The van der Waals surface area contributed by atoms with Crippen molar-refractivity contribution < 1.29 is 43.7 Å². The summed E-state index contributed by atoms with van der Waals surface area (Å²) in [6.45, 7) is 10.5. The van der Waals surface area contributed by atoms with Crippen molar-refractivity contribution in [2.24, 2.45) is 10.8 Å². The number of carbonyl (C=O) groups is 6. The molecule has 0 spiro atoms. The maximum Gasteiger partial charge on any atom is 0.346 e. The van der Waals surface area contributed by atoms with Gasteiger partial charge in [0.25, 0.3) is 0 Å². The van der Waals surface area contributed by atoms with Gasteiger partial charge in [-0.25, -0.2) is 19.2 Å². The molecule has 1 aliphatic heterocycles. The van der Waals surface area contributed by atoms with Gasteiger partial charge in [0.15, 0.2) is 11.6 Å². The summed E-state index contributed by atoms with van der Waals surface area (Å²) in [5.74, 6) is -4.35. The summed E-state index contributed by atoms with van der Waals surface area (Å²) >= 11 is 0. The highest BCUT2D eigenvalue weighted by Crippen LogP contribution is 2.26. The third kappa shape index (κ3) is 6.06. The molecule has 0 amide bonds. The lowest BCUT2D eigenvalue weighted by molar-refractivity contribution is 0.0442. The Morgan fingerprint density at radius 1 is 0.629 bits per heavy atom. The van der Waals surface area contributed by atoms with Crippen LogP contribution in [0.15, 0.2) is 36.4 Å². The number of carboxylic acid groups (broad SMARTS) is 2. The van der Waals surface area contributed by atoms with Crippen LogP contribution in [-0.2, 0) is 4.74 Å². The van der Waals surface area contributed by atoms with Crippen molar-refractivity contribution >= 4 is 35.4 Å². The third-order valence-corrected chi connectivity index (χ3v) is 5.01. The second-order valence-corrected chi connectivity index (χ2v) is 9.97. The van der Waals surface area contributed by atoms with Crippen molar-refractivity contribution in [3.63, 3.8) is 0 Å². The first-order valence-electron chi connectivity index (χ1n) is 10.6. The number of esters is 2. The molecule has 0 atom stereocenters. The number of hydrogen-bond donors (Lipinski definition) is 2. The SMILES string of the molecule is CC(C)(C)C(=O)c1ccc(C(=O)O)c(C(=O)O)c1.CC(C)(C)C(=O)c1ccc2c(c1)C(=O)OC2=O. The number of carbonyl (C=O) groups excluding carboxylic acids is 4. The Morgan fingerprint density at radius 3 is 1.51 bits per heavy atom. The molecule has 2 N–H and O–H groups in total. The first-order valence-corrected chi connectivity index (χ1v) is 10.6. The summed E-state index contributed by atoms with van der Waals surface area (Å²) in [7, 11) is 0. The van der Waals surface area contributed by atoms with Gasteiger partial charge in [0.2, 0.25) is 0 Å². The van der Waals surface area contributed by atoms with Crippen LogP contribution < -0.4 is 0 Å². The fourth-order valence-electron chi connectivity index (χ4n) is 3.14. The topological polar surface area (TPSA) is 152 Å². The van der Waals surface area contributed by atoms with Gasteiger partial charge in [-0.3, -0.25) is 9.59 Å². The molecule has 3 rings (SSSR count). The molecule has 2 aromatic carbocycles. The zero-order chi connectivity index (χ0) is 26.9. The fraction of sp³-hybridized carbons (Fsp3) is 0.308. The summed E-state index contributed by atoms with van der Waals surface area (Å²) in [5, 5.41) is 17.8. The van der Waals surface area contributed by atoms with E-state index >= 15 is 0 Å². The zero-order valence-corrected chi connectivity index (χ0v) is 20.2. The van der Waals surface area contributed by atoms with E-state index in [1.807, 2.05) is 0 Å². The molecule has 0 aliphatic carbocycles. The molecule has 0 saturated heterocycles. The quantitative estimate of drug-likeness (QED) is 0.363. The van der Waals surface area contributed by atoms with Crippen LogP contribution >= 0.6 is 0 Å². The number of ketones is 2. The van der Waals surface area contributed by atoms with Gasteiger partial charge < -0.3 is 14.9 Å². The molecule has 1 heterocycles. The predicted octanol–water partition coefficient (Wildman–Crippen LogP) is 4.54. The lowest BCUT2D eigenvalue weighted by Gasteiger charge is -2.17. The van der Waals surface area contributed by atoms with Gasteiger partial charge in [0.05, 0.1) is 22.3 Å². The van der Waals surface area contributed by atoms with Crippen LogP contribution in [0.2, 0.25) is 0 Å². The number of Topliss-reactive ketones (excluding diaryl/α,β-unsaturated/α-hetero) is 2. The molecule has 9 heteroatoms. The standard InChI is InChI=1S/C13H14O5.C13H12O4/c1-13(2,3)10(14)7-4-5-8(11(15)16)9(6-7)12(17)18;1-13(2,3)10(14)7-4-5-8-9(6-7)12(16)17-11(8)15/h4-6H,1-3H3,(H,15,16)(H,17,18);4-6H,1-3H3. The Balaban J connectivity index is 0.000000247. The van der Waals surface area contributed by atoms with Crippen LogP contribution in [0.4, 0.5) is 0 Å². The van der Waals surface area contributed by atoms with Crippen LogP contribution in [0.3, 0.4) is 0 Å². The Kier molecular flexibility index (Phi) is 7.45. The maximum absolute atomic E-state index is 12.0. The smallest absolute Gasteiger partial charge is 0.346 e. The van der Waals surface area contributed by atoms with E-state index in [4.69, 9.17) is 10.2 Å². The minimum Gasteiger partial charge on any atom is -0.478 e. The Morgan fingerprint density at radius 2 is 1.06 bits per heavy atom. The van der Waals surface area contributed by atoms with Gasteiger partial charge in [-0.15, -0.1) is 0 Å². The van der Waals surface area contributed by atoms with E-state index in [-0.39, 0.29) is 39.4 Å². The van der Waals surface area contributed by atoms with E-state index in [0.717, 1.165) is 12.1 Å². The number of rotatable bonds is 4. The molecule has 9 nitrogen and oxygen atoms in total. The van der Waals surface area contributed by atoms with Crippen LogP contribution in [0.1, 0.15) is 104 Å². The summed E-state index contributed by atoms with van der Waals surface area (Å²) < 4.78 is 4.46. The first kappa shape index (κ1) is 27.1. The second-order valence-electron chi connectivity index (χ2n) is 9.97. The predicted molar refractivity (Wildman–Crippen MR) is 124 cm³/mol. The average molecular weight is 482 g/mol. The molecule has 0 fully saturated rings. The van der Waals surface area contributed by atoms with Crippen LogP contribution in [-0.4, -0.2) is 45.7 Å². The summed E-state index contributed by atoms with van der Waals surface area (Å²) in [5.41, 5.74) is -0.870. The summed E-state index contributed by atoms with van der Waals surface area (Å²) in [4.78, 5) is 68.4. The normalized spacial score (nSPS) is 12.7. The number of benzene rings is 2. The molecule has 0 unspecified atom stereocenters. The van der Waals surface area contributed by atoms with Gasteiger partial charge in [-0.1, -0.05) is 53.7 Å². The van der Waals surface area contributed by atoms with E-state index in [1.54, 1.807) is 47.6 Å². The van der Waals surface area contributed by atoms with Crippen LogP contribution in [0.25, 0.3) is 0 Å². The number of carboxylic acids is 2. The van der Waals surface area contributed by atoms with E-state index in [9.17, 15) is 28.8 Å². The number of fused-ring (bicyclic) bond motifs is 1. The Labute approximate surface area is 201 Å². The molecule has 2 aromatic rings. The van der Waals surface area contributed by atoms with Gasteiger partial charge in [0.1, 0.15) is 0 Å².